The molecule has 0 amide bonds. The fraction of sp³-hybridized carbons (Fsp3) is 0.586. The number of aromatic nitrogens is 1. The van der Waals surface area contributed by atoms with Crippen LogP contribution in [0.4, 0.5) is 13.2 Å². The number of nitrogens with zero attached hydrogens (tertiary/aromatic N) is 2. The summed E-state index contributed by atoms with van der Waals surface area (Å²) in [6.45, 7) is 5.04. The molecule has 1 aromatic carbocycles. The van der Waals surface area contributed by atoms with E-state index in [-0.39, 0.29) is 29.1 Å². The third-order valence-corrected chi connectivity index (χ3v) is 8.69. The zero-order valence-corrected chi connectivity index (χ0v) is 21.7. The highest BCUT2D eigenvalue weighted by Crippen LogP contribution is 2.49. The van der Waals surface area contributed by atoms with Crippen molar-refractivity contribution in [3.05, 3.63) is 58.9 Å². The summed E-state index contributed by atoms with van der Waals surface area (Å²) in [4.78, 5) is 18.5. The summed E-state index contributed by atoms with van der Waals surface area (Å²) >= 11 is 0. The molecule has 1 spiro atoms. The van der Waals surface area contributed by atoms with Crippen LogP contribution in [0.25, 0.3) is 0 Å². The van der Waals surface area contributed by atoms with E-state index in [0.717, 1.165) is 55.9 Å². The van der Waals surface area contributed by atoms with Gasteiger partial charge < -0.3 is 9.47 Å². The first-order valence-electron chi connectivity index (χ1n) is 13.3. The standard InChI is InChI=1S/C29H35F3N2O3/c1-18(27(35)36-3)25(21-7-8-21)22-9-6-20-10-11-28(37-24(20)17-22)12-15-34(16-13-28)19(2)26-23(29(30,31)32)5-4-14-33-26/h4-6,9,14,17-19,21,25H,7-8,10-13,15-16H2,1-3H3/t18-,19?,25-/m0/s1. The number of carbonyl (C=O) groups is 1. The molecule has 2 aliphatic heterocycles. The van der Waals surface area contributed by atoms with Crippen LogP contribution in [0.15, 0.2) is 36.5 Å². The summed E-state index contributed by atoms with van der Waals surface area (Å²) in [5.74, 6) is 1.09. The van der Waals surface area contributed by atoms with Crippen molar-refractivity contribution in [3.63, 3.8) is 0 Å². The average molecular weight is 517 g/mol. The number of piperidine rings is 1. The van der Waals surface area contributed by atoms with Crippen molar-refractivity contribution >= 4 is 5.97 Å². The number of hydrogen-bond acceptors (Lipinski definition) is 5. The molecule has 0 bridgehead atoms. The maximum atomic E-state index is 13.6. The van der Waals surface area contributed by atoms with Gasteiger partial charge in [-0.2, -0.15) is 13.2 Å². The van der Waals surface area contributed by atoms with Crippen LogP contribution in [0.1, 0.15) is 80.3 Å². The molecule has 1 aromatic heterocycles. The Bertz CT molecular complexity index is 1140. The Morgan fingerprint density at radius 3 is 2.54 bits per heavy atom. The number of benzene rings is 1. The summed E-state index contributed by atoms with van der Waals surface area (Å²) in [5.41, 5.74) is 1.40. The molecule has 1 saturated carbocycles. The van der Waals surface area contributed by atoms with E-state index in [9.17, 15) is 18.0 Å². The maximum absolute atomic E-state index is 13.6. The van der Waals surface area contributed by atoms with Crippen molar-refractivity contribution in [1.29, 1.82) is 0 Å². The molecule has 3 atom stereocenters. The molecule has 8 heteroatoms. The number of halogens is 3. The van der Waals surface area contributed by atoms with E-state index in [0.29, 0.717) is 19.0 Å². The van der Waals surface area contributed by atoms with Gasteiger partial charge in [0.05, 0.1) is 24.3 Å². The predicted molar refractivity (Wildman–Crippen MR) is 133 cm³/mol. The van der Waals surface area contributed by atoms with Gasteiger partial charge in [0.2, 0.25) is 0 Å². The summed E-state index contributed by atoms with van der Waals surface area (Å²) in [5, 5.41) is 0. The van der Waals surface area contributed by atoms with Crippen molar-refractivity contribution in [2.45, 2.75) is 76.1 Å². The molecule has 0 N–H and O–H groups in total. The Morgan fingerprint density at radius 1 is 1.16 bits per heavy atom. The van der Waals surface area contributed by atoms with E-state index in [2.05, 4.69) is 28.1 Å². The Morgan fingerprint density at radius 2 is 1.89 bits per heavy atom. The number of likely N-dealkylation sites (tertiary alicyclic amines) is 1. The number of ether oxygens (including phenoxy) is 2. The number of carbonyl (C=O) groups excluding carboxylic acids is 1. The zero-order chi connectivity index (χ0) is 26.4. The lowest BCUT2D eigenvalue weighted by Crippen LogP contribution is -2.50. The highest BCUT2D eigenvalue weighted by Gasteiger charge is 2.43. The van der Waals surface area contributed by atoms with Crippen LogP contribution in [-0.2, 0) is 22.1 Å². The van der Waals surface area contributed by atoms with E-state index < -0.39 is 17.8 Å². The van der Waals surface area contributed by atoms with E-state index >= 15 is 0 Å². The summed E-state index contributed by atoms with van der Waals surface area (Å²) < 4.78 is 52.4. The topological polar surface area (TPSA) is 51.7 Å². The van der Waals surface area contributed by atoms with E-state index in [4.69, 9.17) is 9.47 Å². The maximum Gasteiger partial charge on any atom is 0.418 e. The van der Waals surface area contributed by atoms with Gasteiger partial charge in [-0.15, -0.1) is 0 Å². The minimum absolute atomic E-state index is 0.0799. The van der Waals surface area contributed by atoms with Crippen LogP contribution in [-0.4, -0.2) is 41.7 Å². The van der Waals surface area contributed by atoms with Crippen LogP contribution in [0.5, 0.6) is 5.75 Å². The Labute approximate surface area is 216 Å². The van der Waals surface area contributed by atoms with Gasteiger partial charge in [-0.3, -0.25) is 14.7 Å². The molecule has 5 nitrogen and oxygen atoms in total. The van der Waals surface area contributed by atoms with Gasteiger partial charge in [0.15, 0.2) is 0 Å². The van der Waals surface area contributed by atoms with Crippen molar-refractivity contribution in [3.8, 4) is 5.75 Å². The molecule has 1 aliphatic carbocycles. The number of alkyl halides is 3. The monoisotopic (exact) mass is 516 g/mol. The molecule has 2 aromatic rings. The first kappa shape index (κ1) is 26.0. The van der Waals surface area contributed by atoms with Crippen LogP contribution in [0.2, 0.25) is 0 Å². The van der Waals surface area contributed by atoms with Gasteiger partial charge in [0.25, 0.3) is 0 Å². The van der Waals surface area contributed by atoms with Crippen molar-refractivity contribution in [2.24, 2.45) is 11.8 Å². The third kappa shape index (κ3) is 5.22. The molecule has 3 aliphatic rings. The lowest BCUT2D eigenvalue weighted by Gasteiger charge is -2.46. The minimum Gasteiger partial charge on any atom is -0.487 e. The molecular weight excluding hydrogens is 481 g/mol. The second-order valence-corrected chi connectivity index (χ2v) is 11.0. The normalized spacial score (nSPS) is 22.0. The second kappa shape index (κ2) is 9.93. The Hall–Kier alpha value is -2.61. The molecule has 2 fully saturated rings. The third-order valence-electron chi connectivity index (χ3n) is 8.69. The fourth-order valence-corrected chi connectivity index (χ4v) is 6.32. The number of hydrogen-bond donors (Lipinski definition) is 0. The van der Waals surface area contributed by atoms with Gasteiger partial charge in [0.1, 0.15) is 11.4 Å². The van der Waals surface area contributed by atoms with Gasteiger partial charge in [-0.05, 0) is 86.6 Å². The molecule has 3 heterocycles. The molecule has 200 valence electrons. The van der Waals surface area contributed by atoms with Gasteiger partial charge in [0, 0.05) is 25.3 Å². The molecule has 0 radical (unpaired) electrons. The molecule has 5 rings (SSSR count). The van der Waals surface area contributed by atoms with E-state index in [1.165, 1.54) is 24.9 Å². The number of rotatable bonds is 6. The summed E-state index contributed by atoms with van der Waals surface area (Å²) in [7, 11) is 1.44. The zero-order valence-electron chi connectivity index (χ0n) is 21.7. The second-order valence-electron chi connectivity index (χ2n) is 11.0. The Balaban J connectivity index is 1.30. The SMILES string of the molecule is COC(=O)[C@@H](C)[C@H](c1ccc2c(c1)OC1(CC2)CCN(C(C)c2ncccc2C(F)(F)F)CC1)C1CC1. The molecule has 1 saturated heterocycles. The van der Waals surface area contributed by atoms with Gasteiger partial charge >= 0.3 is 12.1 Å². The van der Waals surface area contributed by atoms with Gasteiger partial charge in [-0.1, -0.05) is 19.1 Å². The van der Waals surface area contributed by atoms with Crippen LogP contribution in [0, 0.1) is 11.8 Å². The number of fused-ring (bicyclic) bond motifs is 1. The molecule has 37 heavy (non-hydrogen) atoms. The van der Waals surface area contributed by atoms with Crippen molar-refractivity contribution in [1.82, 2.24) is 9.88 Å². The number of pyridine rings is 1. The smallest absolute Gasteiger partial charge is 0.418 e. The minimum atomic E-state index is -4.42. The number of esters is 1. The van der Waals surface area contributed by atoms with Crippen LogP contribution in [0.3, 0.4) is 0 Å². The summed E-state index contributed by atoms with van der Waals surface area (Å²) in [6, 6.07) is 8.41. The lowest BCUT2D eigenvalue weighted by molar-refractivity contribution is -0.145. The van der Waals surface area contributed by atoms with Crippen molar-refractivity contribution < 1.29 is 27.4 Å². The first-order chi connectivity index (χ1) is 17.6. The number of methoxy groups -OCH3 is 1. The van der Waals surface area contributed by atoms with E-state index in [1.807, 2.05) is 6.92 Å². The quantitative estimate of drug-likeness (QED) is 0.421. The highest BCUT2D eigenvalue weighted by molar-refractivity contribution is 5.73. The van der Waals surface area contributed by atoms with E-state index in [1.54, 1.807) is 6.92 Å². The summed E-state index contributed by atoms with van der Waals surface area (Å²) in [6.07, 6.45) is 2.55. The first-order valence-corrected chi connectivity index (χ1v) is 13.3. The fourth-order valence-electron chi connectivity index (χ4n) is 6.32. The highest BCUT2D eigenvalue weighted by atomic mass is 19.4. The predicted octanol–water partition coefficient (Wildman–Crippen LogP) is 6.32. The van der Waals surface area contributed by atoms with Crippen LogP contribution >= 0.6 is 0 Å². The lowest BCUT2D eigenvalue weighted by atomic mass is 9.80. The Kier molecular flexibility index (Phi) is 6.98. The molecule has 1 unspecified atom stereocenters. The van der Waals surface area contributed by atoms with Crippen molar-refractivity contribution in [2.75, 3.05) is 20.2 Å². The number of aryl methyl sites for hydroxylation is 1. The largest absolute Gasteiger partial charge is 0.487 e. The average Bonchev–Trinajstić information content (AvgIpc) is 3.73. The van der Waals surface area contributed by atoms with Gasteiger partial charge in [-0.25, -0.2) is 0 Å². The molecular formula is C29H35F3N2O3. The van der Waals surface area contributed by atoms with Crippen LogP contribution < -0.4 is 4.74 Å².